The molecule has 0 radical (unpaired) electrons. The third kappa shape index (κ3) is 4.72. The van der Waals surface area contributed by atoms with Crippen molar-refractivity contribution in [1.82, 2.24) is 4.98 Å². The Kier molecular flexibility index (Phi) is 5.68. The summed E-state index contributed by atoms with van der Waals surface area (Å²) in [4.78, 5) is 28.8. The highest BCUT2D eigenvalue weighted by atomic mass is 32.2. The number of carbonyl (C=O) groups excluding carboxylic acids is 2. The van der Waals surface area contributed by atoms with E-state index in [0.29, 0.717) is 41.2 Å². The molecule has 0 unspecified atom stereocenters. The summed E-state index contributed by atoms with van der Waals surface area (Å²) >= 11 is 0. The Labute approximate surface area is 180 Å². The Hall–Kier alpha value is -3.72. The standard InChI is InChI=1S/C22H20N4O4S/c27-21(16-5-7-20(8-6-16)26-13-2-14-31(26,29)30)24-18-3-1-4-19(15-18)25-22(28)17-9-11-23-12-10-17/h1,3-12,15H,2,13-14H2,(H,24,27)(H,25,28). The average molecular weight is 436 g/mol. The predicted octanol–water partition coefficient (Wildman–Crippen LogP) is 3.13. The molecule has 31 heavy (non-hydrogen) atoms. The molecule has 1 aliphatic heterocycles. The summed E-state index contributed by atoms with van der Waals surface area (Å²) in [6.07, 6.45) is 3.67. The van der Waals surface area contributed by atoms with Gasteiger partial charge in [0.1, 0.15) is 0 Å². The van der Waals surface area contributed by atoms with E-state index in [-0.39, 0.29) is 17.6 Å². The van der Waals surface area contributed by atoms with Gasteiger partial charge in [-0.2, -0.15) is 0 Å². The van der Waals surface area contributed by atoms with Gasteiger partial charge in [-0.1, -0.05) is 6.07 Å². The van der Waals surface area contributed by atoms with Crippen LogP contribution in [-0.4, -0.2) is 37.5 Å². The van der Waals surface area contributed by atoms with E-state index in [1.54, 1.807) is 60.7 Å². The second-order valence-corrected chi connectivity index (χ2v) is 9.03. The molecule has 2 aromatic carbocycles. The van der Waals surface area contributed by atoms with E-state index < -0.39 is 10.0 Å². The molecular weight excluding hydrogens is 416 g/mol. The van der Waals surface area contributed by atoms with Crippen LogP contribution in [0.25, 0.3) is 0 Å². The summed E-state index contributed by atoms with van der Waals surface area (Å²) in [5.41, 5.74) is 2.48. The summed E-state index contributed by atoms with van der Waals surface area (Å²) in [5.74, 6) is -0.477. The Morgan fingerprint density at radius 1 is 0.839 bits per heavy atom. The molecule has 2 amide bonds. The van der Waals surface area contributed by atoms with E-state index in [1.165, 1.54) is 16.7 Å². The summed E-state index contributed by atoms with van der Waals surface area (Å²) in [5, 5.41) is 5.56. The number of sulfonamides is 1. The van der Waals surface area contributed by atoms with Crippen LogP contribution < -0.4 is 14.9 Å². The van der Waals surface area contributed by atoms with E-state index in [4.69, 9.17) is 0 Å². The van der Waals surface area contributed by atoms with Gasteiger partial charge in [-0.05, 0) is 61.0 Å². The lowest BCUT2D eigenvalue weighted by molar-refractivity contribution is 0.101. The summed E-state index contributed by atoms with van der Waals surface area (Å²) in [6, 6.07) is 16.5. The first-order valence-corrected chi connectivity index (χ1v) is 11.3. The van der Waals surface area contributed by atoms with Crippen molar-refractivity contribution in [2.75, 3.05) is 27.2 Å². The summed E-state index contributed by atoms with van der Waals surface area (Å²) < 4.78 is 25.4. The molecule has 1 fully saturated rings. The number of hydrogen-bond acceptors (Lipinski definition) is 5. The lowest BCUT2D eigenvalue weighted by Crippen LogP contribution is -2.25. The van der Waals surface area contributed by atoms with Crippen LogP contribution in [0.5, 0.6) is 0 Å². The third-order valence-corrected chi connectivity index (χ3v) is 6.71. The van der Waals surface area contributed by atoms with Crippen LogP contribution >= 0.6 is 0 Å². The second kappa shape index (κ2) is 8.57. The highest BCUT2D eigenvalue weighted by Crippen LogP contribution is 2.24. The van der Waals surface area contributed by atoms with Crippen LogP contribution in [-0.2, 0) is 10.0 Å². The van der Waals surface area contributed by atoms with E-state index in [1.807, 2.05) is 0 Å². The number of rotatable bonds is 5. The fraction of sp³-hybridized carbons (Fsp3) is 0.136. The molecule has 8 nitrogen and oxygen atoms in total. The minimum absolute atomic E-state index is 0.142. The molecule has 2 heterocycles. The molecule has 1 aromatic heterocycles. The SMILES string of the molecule is O=C(Nc1cccc(NC(=O)c2ccc(N3CCCS3(=O)=O)cc2)c1)c1ccncc1. The molecule has 0 atom stereocenters. The highest BCUT2D eigenvalue weighted by molar-refractivity contribution is 7.93. The minimum atomic E-state index is -3.26. The van der Waals surface area contributed by atoms with E-state index in [0.717, 1.165) is 0 Å². The molecule has 0 saturated carbocycles. The van der Waals surface area contributed by atoms with Gasteiger partial charge in [0.2, 0.25) is 10.0 Å². The normalized spacial score (nSPS) is 14.8. The minimum Gasteiger partial charge on any atom is -0.322 e. The van der Waals surface area contributed by atoms with Crippen molar-refractivity contribution in [3.05, 3.63) is 84.2 Å². The zero-order valence-corrected chi connectivity index (χ0v) is 17.3. The Bertz CT molecular complexity index is 1210. The third-order valence-electron chi connectivity index (χ3n) is 4.84. The van der Waals surface area contributed by atoms with Gasteiger partial charge in [-0.15, -0.1) is 0 Å². The molecule has 9 heteroatoms. The Morgan fingerprint density at radius 2 is 1.42 bits per heavy atom. The lowest BCUT2D eigenvalue weighted by Gasteiger charge is -2.17. The molecule has 0 aliphatic carbocycles. The second-order valence-electron chi connectivity index (χ2n) is 7.01. The fourth-order valence-corrected chi connectivity index (χ4v) is 4.86. The smallest absolute Gasteiger partial charge is 0.255 e. The van der Waals surface area contributed by atoms with Gasteiger partial charge < -0.3 is 10.6 Å². The van der Waals surface area contributed by atoms with Crippen molar-refractivity contribution in [3.8, 4) is 0 Å². The van der Waals surface area contributed by atoms with E-state index in [9.17, 15) is 18.0 Å². The van der Waals surface area contributed by atoms with Crippen molar-refractivity contribution in [2.45, 2.75) is 6.42 Å². The van der Waals surface area contributed by atoms with Crippen molar-refractivity contribution in [2.24, 2.45) is 0 Å². The molecule has 4 rings (SSSR count). The first-order chi connectivity index (χ1) is 14.9. The number of anilines is 3. The zero-order valence-electron chi connectivity index (χ0n) is 16.5. The van der Waals surface area contributed by atoms with Crippen LogP contribution in [0.1, 0.15) is 27.1 Å². The molecule has 1 aliphatic rings. The monoisotopic (exact) mass is 436 g/mol. The quantitative estimate of drug-likeness (QED) is 0.639. The largest absolute Gasteiger partial charge is 0.322 e. The van der Waals surface area contributed by atoms with Crippen LogP contribution in [0.4, 0.5) is 17.1 Å². The highest BCUT2D eigenvalue weighted by Gasteiger charge is 2.28. The molecule has 158 valence electrons. The van der Waals surface area contributed by atoms with Crippen molar-refractivity contribution >= 4 is 38.9 Å². The van der Waals surface area contributed by atoms with Gasteiger partial charge in [0.15, 0.2) is 0 Å². The Balaban J connectivity index is 1.43. The van der Waals surface area contributed by atoms with E-state index in [2.05, 4.69) is 15.6 Å². The van der Waals surface area contributed by atoms with Crippen molar-refractivity contribution < 1.29 is 18.0 Å². The maximum absolute atomic E-state index is 12.6. The number of benzene rings is 2. The topological polar surface area (TPSA) is 108 Å². The Morgan fingerprint density at radius 3 is 1.97 bits per heavy atom. The lowest BCUT2D eigenvalue weighted by atomic mass is 10.2. The summed E-state index contributed by atoms with van der Waals surface area (Å²) in [7, 11) is -3.26. The predicted molar refractivity (Wildman–Crippen MR) is 119 cm³/mol. The zero-order chi connectivity index (χ0) is 21.8. The fourth-order valence-electron chi connectivity index (χ4n) is 3.29. The number of amides is 2. The van der Waals surface area contributed by atoms with Crippen LogP contribution in [0.15, 0.2) is 73.1 Å². The number of nitrogens with one attached hydrogen (secondary N) is 2. The number of hydrogen-bond donors (Lipinski definition) is 2. The van der Waals surface area contributed by atoms with Gasteiger partial charge in [-0.3, -0.25) is 18.9 Å². The number of nitrogens with zero attached hydrogens (tertiary/aromatic N) is 2. The van der Waals surface area contributed by atoms with Gasteiger partial charge in [-0.25, -0.2) is 8.42 Å². The maximum Gasteiger partial charge on any atom is 0.255 e. The first kappa shape index (κ1) is 20.5. The van der Waals surface area contributed by atoms with Crippen molar-refractivity contribution in [3.63, 3.8) is 0 Å². The van der Waals surface area contributed by atoms with Crippen LogP contribution in [0.3, 0.4) is 0 Å². The number of carbonyl (C=O) groups is 2. The maximum atomic E-state index is 12.6. The first-order valence-electron chi connectivity index (χ1n) is 9.66. The summed E-state index contributed by atoms with van der Waals surface area (Å²) in [6.45, 7) is 0.450. The molecule has 0 spiro atoms. The molecule has 1 saturated heterocycles. The number of aromatic nitrogens is 1. The van der Waals surface area contributed by atoms with Crippen LogP contribution in [0, 0.1) is 0 Å². The van der Waals surface area contributed by atoms with E-state index >= 15 is 0 Å². The molecule has 2 N–H and O–H groups in total. The molecule has 0 bridgehead atoms. The average Bonchev–Trinajstić information content (AvgIpc) is 3.13. The van der Waals surface area contributed by atoms with Gasteiger partial charge in [0.25, 0.3) is 11.8 Å². The van der Waals surface area contributed by atoms with Gasteiger partial charge in [0, 0.05) is 41.4 Å². The molecule has 3 aromatic rings. The van der Waals surface area contributed by atoms with Crippen molar-refractivity contribution in [1.29, 1.82) is 0 Å². The van der Waals surface area contributed by atoms with Gasteiger partial charge >= 0.3 is 0 Å². The number of pyridine rings is 1. The molecular formula is C22H20N4O4S. The van der Waals surface area contributed by atoms with Crippen LogP contribution in [0.2, 0.25) is 0 Å². The van der Waals surface area contributed by atoms with Gasteiger partial charge in [0.05, 0.1) is 11.4 Å².